The van der Waals surface area contributed by atoms with E-state index < -0.39 is 0 Å². The van der Waals surface area contributed by atoms with Gasteiger partial charge in [0.15, 0.2) is 5.65 Å². The summed E-state index contributed by atoms with van der Waals surface area (Å²) in [5, 5.41) is 11.2. The number of fused-ring (bicyclic) bond motifs is 1. The third-order valence-electron chi connectivity index (χ3n) is 4.12. The van der Waals surface area contributed by atoms with Crippen molar-refractivity contribution in [3.05, 3.63) is 48.4 Å². The first-order chi connectivity index (χ1) is 10.9. The van der Waals surface area contributed by atoms with Crippen LogP contribution in [0.2, 0.25) is 0 Å². The van der Waals surface area contributed by atoms with Crippen molar-refractivity contribution < 1.29 is 4.74 Å². The van der Waals surface area contributed by atoms with E-state index in [4.69, 9.17) is 4.74 Å². The molecule has 0 aliphatic carbocycles. The summed E-state index contributed by atoms with van der Waals surface area (Å²) in [5.41, 5.74) is 1.99. The molecule has 3 heterocycles. The average molecular weight is 295 g/mol. The molecule has 0 spiro atoms. The van der Waals surface area contributed by atoms with Crippen LogP contribution in [0.25, 0.3) is 11.0 Å². The minimum Gasteiger partial charge on any atom is -0.373 e. The van der Waals surface area contributed by atoms with Crippen LogP contribution in [0.5, 0.6) is 0 Å². The summed E-state index contributed by atoms with van der Waals surface area (Å²) in [5.74, 6) is 1.25. The molecule has 2 atom stereocenters. The highest BCUT2D eigenvalue weighted by molar-refractivity contribution is 5.85. The van der Waals surface area contributed by atoms with Crippen LogP contribution >= 0.6 is 0 Å². The number of H-pyrrole nitrogens is 1. The Morgan fingerprint density at radius 1 is 1.23 bits per heavy atom. The normalized spacial score (nSPS) is 21.3. The van der Waals surface area contributed by atoms with Crippen molar-refractivity contribution in [2.24, 2.45) is 5.92 Å². The number of ether oxygens (including phenoxy) is 1. The molecule has 1 aliphatic rings. The van der Waals surface area contributed by atoms with E-state index >= 15 is 0 Å². The van der Waals surface area contributed by atoms with E-state index in [1.54, 1.807) is 12.5 Å². The molecule has 6 nitrogen and oxygen atoms in total. The Balaban J connectivity index is 1.50. The number of nitrogens with one attached hydrogen (secondary N) is 2. The van der Waals surface area contributed by atoms with Crippen molar-refractivity contribution in [3.8, 4) is 0 Å². The van der Waals surface area contributed by atoms with Crippen LogP contribution < -0.4 is 5.32 Å². The van der Waals surface area contributed by atoms with Gasteiger partial charge in [-0.3, -0.25) is 5.10 Å². The number of aromatic nitrogens is 4. The Kier molecular flexibility index (Phi) is 3.44. The smallest absolute Gasteiger partial charge is 0.160 e. The molecule has 22 heavy (non-hydrogen) atoms. The first kappa shape index (κ1) is 13.2. The minimum atomic E-state index is 0.148. The second-order valence-corrected chi connectivity index (χ2v) is 5.49. The van der Waals surface area contributed by atoms with E-state index in [9.17, 15) is 0 Å². The third kappa shape index (κ3) is 2.42. The average Bonchev–Trinajstić information content (AvgIpc) is 3.23. The van der Waals surface area contributed by atoms with Crippen LogP contribution in [0.15, 0.2) is 42.9 Å². The molecule has 2 N–H and O–H groups in total. The van der Waals surface area contributed by atoms with E-state index in [0.29, 0.717) is 5.92 Å². The van der Waals surface area contributed by atoms with Crippen molar-refractivity contribution in [2.75, 3.05) is 18.5 Å². The largest absolute Gasteiger partial charge is 0.373 e. The monoisotopic (exact) mass is 295 g/mol. The Hall–Kier alpha value is -2.47. The van der Waals surface area contributed by atoms with Crippen molar-refractivity contribution in [1.29, 1.82) is 0 Å². The molecule has 2 aromatic heterocycles. The predicted octanol–water partition coefficient (Wildman–Crippen LogP) is 2.54. The van der Waals surface area contributed by atoms with Gasteiger partial charge >= 0.3 is 0 Å². The van der Waals surface area contributed by atoms with Gasteiger partial charge in [0, 0.05) is 19.1 Å². The summed E-state index contributed by atoms with van der Waals surface area (Å²) in [4.78, 5) is 8.47. The molecule has 1 aromatic carbocycles. The summed E-state index contributed by atoms with van der Waals surface area (Å²) >= 11 is 0. The second kappa shape index (κ2) is 5.73. The molecule has 3 aromatic rings. The Labute approximate surface area is 127 Å². The van der Waals surface area contributed by atoms with Gasteiger partial charge in [-0.05, 0) is 12.0 Å². The highest BCUT2D eigenvalue weighted by Crippen LogP contribution is 2.34. The van der Waals surface area contributed by atoms with Crippen LogP contribution in [0.4, 0.5) is 5.82 Å². The molecule has 112 valence electrons. The molecule has 0 amide bonds. The number of anilines is 1. The maximum atomic E-state index is 5.92. The van der Waals surface area contributed by atoms with Crippen LogP contribution in [0, 0.1) is 5.92 Å². The van der Waals surface area contributed by atoms with Gasteiger partial charge in [0.05, 0.1) is 17.7 Å². The lowest BCUT2D eigenvalue weighted by molar-refractivity contribution is 0.0933. The molecule has 4 rings (SSSR count). The van der Waals surface area contributed by atoms with Gasteiger partial charge < -0.3 is 10.1 Å². The number of hydrogen-bond acceptors (Lipinski definition) is 5. The molecule has 6 heteroatoms. The highest BCUT2D eigenvalue weighted by atomic mass is 16.5. The lowest BCUT2D eigenvalue weighted by atomic mass is 9.95. The van der Waals surface area contributed by atoms with Crippen LogP contribution in [0.1, 0.15) is 18.1 Å². The SMILES string of the molecule is c1ccc([C@H]2OCC[C@@H]2CNc2ncnc3[nH]ncc23)cc1. The van der Waals surface area contributed by atoms with Crippen LogP contribution in [-0.2, 0) is 4.74 Å². The second-order valence-electron chi connectivity index (χ2n) is 5.49. The molecular formula is C16H17N5O. The van der Waals surface area contributed by atoms with Gasteiger partial charge in [-0.2, -0.15) is 5.10 Å². The molecule has 1 aliphatic heterocycles. The molecular weight excluding hydrogens is 278 g/mol. The van der Waals surface area contributed by atoms with Gasteiger partial charge in [-0.25, -0.2) is 9.97 Å². The molecule has 1 fully saturated rings. The Bertz CT molecular complexity index is 757. The topological polar surface area (TPSA) is 75.7 Å². The van der Waals surface area contributed by atoms with Crippen molar-refractivity contribution in [1.82, 2.24) is 20.2 Å². The quantitative estimate of drug-likeness (QED) is 0.773. The van der Waals surface area contributed by atoms with Gasteiger partial charge in [0.2, 0.25) is 0 Å². The number of rotatable bonds is 4. The summed E-state index contributed by atoms with van der Waals surface area (Å²) < 4.78 is 5.92. The maximum Gasteiger partial charge on any atom is 0.160 e. The fraction of sp³-hybridized carbons (Fsp3) is 0.312. The standard InChI is InChI=1S/C16H17N5O/c1-2-4-11(5-3-1)14-12(6-7-22-14)8-17-15-13-9-20-21-16(13)19-10-18-15/h1-5,9-10,12,14H,6-8H2,(H2,17,18,19,20,21)/t12-,14-/m1/s1. The van der Waals surface area contributed by atoms with E-state index in [0.717, 1.165) is 36.4 Å². The van der Waals surface area contributed by atoms with Gasteiger partial charge in [-0.1, -0.05) is 30.3 Å². The first-order valence-corrected chi connectivity index (χ1v) is 7.46. The summed E-state index contributed by atoms with van der Waals surface area (Å²) in [6.07, 6.45) is 4.49. The zero-order valence-electron chi connectivity index (χ0n) is 12.1. The summed E-state index contributed by atoms with van der Waals surface area (Å²) in [6, 6.07) is 10.4. The van der Waals surface area contributed by atoms with Crippen molar-refractivity contribution >= 4 is 16.9 Å². The van der Waals surface area contributed by atoms with E-state index in [1.807, 2.05) is 6.07 Å². The molecule has 0 saturated carbocycles. The van der Waals surface area contributed by atoms with E-state index in [-0.39, 0.29) is 6.10 Å². The van der Waals surface area contributed by atoms with Gasteiger partial charge in [0.1, 0.15) is 12.1 Å². The van der Waals surface area contributed by atoms with Crippen molar-refractivity contribution in [3.63, 3.8) is 0 Å². The summed E-state index contributed by atoms with van der Waals surface area (Å²) in [7, 11) is 0. The van der Waals surface area contributed by atoms with Crippen LogP contribution in [0.3, 0.4) is 0 Å². The molecule has 0 unspecified atom stereocenters. The zero-order valence-corrected chi connectivity index (χ0v) is 12.1. The Morgan fingerprint density at radius 3 is 3.05 bits per heavy atom. The Morgan fingerprint density at radius 2 is 2.14 bits per heavy atom. The molecule has 1 saturated heterocycles. The first-order valence-electron chi connectivity index (χ1n) is 7.46. The van der Waals surface area contributed by atoms with Crippen molar-refractivity contribution in [2.45, 2.75) is 12.5 Å². The number of hydrogen-bond donors (Lipinski definition) is 2. The molecule has 0 bridgehead atoms. The zero-order chi connectivity index (χ0) is 14.8. The fourth-order valence-electron chi connectivity index (χ4n) is 2.99. The van der Waals surface area contributed by atoms with Gasteiger partial charge in [0.25, 0.3) is 0 Å². The number of nitrogens with zero attached hydrogens (tertiary/aromatic N) is 3. The van der Waals surface area contributed by atoms with E-state index in [1.165, 1.54) is 5.56 Å². The number of benzene rings is 1. The highest BCUT2D eigenvalue weighted by Gasteiger charge is 2.29. The van der Waals surface area contributed by atoms with E-state index in [2.05, 4.69) is 49.7 Å². The van der Waals surface area contributed by atoms with Crippen LogP contribution in [-0.4, -0.2) is 33.3 Å². The lowest BCUT2D eigenvalue weighted by Crippen LogP contribution is -2.18. The predicted molar refractivity (Wildman–Crippen MR) is 83.4 cm³/mol. The maximum absolute atomic E-state index is 5.92. The van der Waals surface area contributed by atoms with Gasteiger partial charge in [-0.15, -0.1) is 0 Å². The third-order valence-corrected chi connectivity index (χ3v) is 4.12. The lowest BCUT2D eigenvalue weighted by Gasteiger charge is -2.19. The summed E-state index contributed by atoms with van der Waals surface area (Å²) in [6.45, 7) is 1.62. The fourth-order valence-corrected chi connectivity index (χ4v) is 2.99. The number of aromatic amines is 1. The molecule has 0 radical (unpaired) electrons. The minimum absolute atomic E-state index is 0.148.